The molecule has 1 aromatic carbocycles. The topological polar surface area (TPSA) is 76.9 Å². The molecule has 0 fully saturated rings. The maximum Gasteiger partial charge on any atom is 0.416 e. The summed E-state index contributed by atoms with van der Waals surface area (Å²) < 4.78 is 66.2. The first-order valence-electron chi connectivity index (χ1n) is 7.78. The molecule has 10 heteroatoms. The third-order valence-electron chi connectivity index (χ3n) is 3.79. The SMILES string of the molecule is Cn1nc(CNS(=O)(=O)c2ccc(C(F)(F)F)cc2)cc1-c1ccccn1. The number of nitrogens with zero attached hydrogens (tertiary/aromatic N) is 3. The lowest BCUT2D eigenvalue weighted by atomic mass is 10.2. The van der Waals surface area contributed by atoms with Crippen LogP contribution in [-0.4, -0.2) is 23.2 Å². The molecule has 0 aliphatic rings. The monoisotopic (exact) mass is 396 g/mol. The highest BCUT2D eigenvalue weighted by Crippen LogP contribution is 2.29. The van der Waals surface area contributed by atoms with Crippen molar-refractivity contribution in [3.05, 3.63) is 66.0 Å². The van der Waals surface area contributed by atoms with Gasteiger partial charge in [0.1, 0.15) is 0 Å². The average Bonchev–Trinajstić information content (AvgIpc) is 3.01. The van der Waals surface area contributed by atoms with E-state index in [0.717, 1.165) is 24.3 Å². The fourth-order valence-electron chi connectivity index (χ4n) is 2.44. The Morgan fingerprint density at radius 3 is 2.41 bits per heavy atom. The van der Waals surface area contributed by atoms with Crippen LogP contribution in [-0.2, 0) is 29.8 Å². The molecule has 0 aliphatic carbocycles. The van der Waals surface area contributed by atoms with Crippen LogP contribution < -0.4 is 4.72 Å². The molecule has 0 saturated carbocycles. The lowest BCUT2D eigenvalue weighted by Gasteiger charge is -2.08. The minimum atomic E-state index is -4.52. The van der Waals surface area contributed by atoms with Crippen molar-refractivity contribution < 1.29 is 21.6 Å². The van der Waals surface area contributed by atoms with Gasteiger partial charge in [0.25, 0.3) is 0 Å². The number of pyridine rings is 1. The van der Waals surface area contributed by atoms with Gasteiger partial charge in [-0.1, -0.05) is 6.07 Å². The van der Waals surface area contributed by atoms with Crippen LogP contribution in [0.2, 0.25) is 0 Å². The fraction of sp³-hybridized carbons (Fsp3) is 0.176. The van der Waals surface area contributed by atoms with Gasteiger partial charge in [0, 0.05) is 13.2 Å². The van der Waals surface area contributed by atoms with Crippen molar-refractivity contribution in [2.24, 2.45) is 7.05 Å². The maximum atomic E-state index is 12.6. The summed E-state index contributed by atoms with van der Waals surface area (Å²) in [6.45, 7) is -0.107. The summed E-state index contributed by atoms with van der Waals surface area (Å²) in [7, 11) is -2.26. The molecule has 3 aromatic rings. The number of sulfonamides is 1. The molecule has 0 saturated heterocycles. The zero-order chi connectivity index (χ0) is 19.7. The number of hydrogen-bond donors (Lipinski definition) is 1. The molecular weight excluding hydrogens is 381 g/mol. The number of rotatable bonds is 5. The summed E-state index contributed by atoms with van der Waals surface area (Å²) in [6, 6.07) is 10.4. The van der Waals surface area contributed by atoms with Crippen molar-refractivity contribution in [1.82, 2.24) is 19.5 Å². The molecule has 0 radical (unpaired) electrons. The third kappa shape index (κ3) is 4.34. The zero-order valence-corrected chi connectivity index (χ0v) is 14.9. The molecule has 0 spiro atoms. The molecule has 6 nitrogen and oxygen atoms in total. The van der Waals surface area contributed by atoms with E-state index in [-0.39, 0.29) is 11.4 Å². The lowest BCUT2D eigenvalue weighted by Crippen LogP contribution is -2.23. The molecule has 1 N–H and O–H groups in total. The van der Waals surface area contributed by atoms with E-state index in [4.69, 9.17) is 0 Å². The van der Waals surface area contributed by atoms with Gasteiger partial charge >= 0.3 is 6.18 Å². The second kappa shape index (κ2) is 7.12. The van der Waals surface area contributed by atoms with Crippen LogP contribution in [0.15, 0.2) is 59.6 Å². The standard InChI is InChI=1S/C17H15F3N4O2S/c1-24-16(15-4-2-3-9-21-15)10-13(23-24)11-22-27(25,26)14-7-5-12(6-8-14)17(18,19)20/h2-10,22H,11H2,1H3. The Morgan fingerprint density at radius 1 is 1.11 bits per heavy atom. The van der Waals surface area contributed by atoms with Gasteiger partial charge in [-0.15, -0.1) is 0 Å². The molecule has 0 atom stereocenters. The largest absolute Gasteiger partial charge is 0.416 e. The van der Waals surface area contributed by atoms with Crippen LogP contribution in [0, 0.1) is 0 Å². The second-order valence-corrected chi connectivity index (χ2v) is 7.47. The summed E-state index contributed by atoms with van der Waals surface area (Å²) in [5, 5.41) is 4.23. The van der Waals surface area contributed by atoms with Gasteiger partial charge in [-0.25, -0.2) is 13.1 Å². The van der Waals surface area contributed by atoms with E-state index < -0.39 is 21.8 Å². The van der Waals surface area contributed by atoms with Crippen LogP contribution in [0.25, 0.3) is 11.4 Å². The molecule has 142 valence electrons. The fourth-order valence-corrected chi connectivity index (χ4v) is 3.44. The number of hydrogen-bond acceptors (Lipinski definition) is 4. The Balaban J connectivity index is 1.74. The molecule has 27 heavy (non-hydrogen) atoms. The van der Waals surface area contributed by atoms with Crippen LogP contribution in [0.1, 0.15) is 11.3 Å². The lowest BCUT2D eigenvalue weighted by molar-refractivity contribution is -0.137. The van der Waals surface area contributed by atoms with Gasteiger partial charge in [0.2, 0.25) is 10.0 Å². The third-order valence-corrected chi connectivity index (χ3v) is 5.21. The number of aryl methyl sites for hydroxylation is 1. The number of aromatic nitrogens is 3. The first-order valence-corrected chi connectivity index (χ1v) is 9.26. The first-order chi connectivity index (χ1) is 12.7. The number of benzene rings is 1. The van der Waals surface area contributed by atoms with E-state index in [1.807, 2.05) is 6.07 Å². The van der Waals surface area contributed by atoms with E-state index in [1.54, 1.807) is 36.1 Å². The highest BCUT2D eigenvalue weighted by atomic mass is 32.2. The summed E-state index contributed by atoms with van der Waals surface area (Å²) in [5.74, 6) is 0. The van der Waals surface area contributed by atoms with Crippen molar-refractivity contribution in [2.75, 3.05) is 0 Å². The second-order valence-electron chi connectivity index (χ2n) is 5.71. The van der Waals surface area contributed by atoms with E-state index in [1.165, 1.54) is 0 Å². The van der Waals surface area contributed by atoms with Crippen LogP contribution in [0.4, 0.5) is 13.2 Å². The predicted molar refractivity (Wildman–Crippen MR) is 91.9 cm³/mol. The first kappa shape index (κ1) is 19.1. The van der Waals surface area contributed by atoms with E-state index in [9.17, 15) is 21.6 Å². The summed E-state index contributed by atoms with van der Waals surface area (Å²) in [5.41, 5.74) is 0.934. The normalized spacial score (nSPS) is 12.3. The molecule has 0 unspecified atom stereocenters. The summed E-state index contributed by atoms with van der Waals surface area (Å²) in [6.07, 6.45) is -2.89. The molecule has 0 aliphatic heterocycles. The Hall–Kier alpha value is -2.72. The average molecular weight is 396 g/mol. The minimum absolute atomic E-state index is 0.107. The Kier molecular flexibility index (Phi) is 5.03. The van der Waals surface area contributed by atoms with Gasteiger partial charge in [0.15, 0.2) is 0 Å². The van der Waals surface area contributed by atoms with E-state index >= 15 is 0 Å². The number of halogens is 3. The van der Waals surface area contributed by atoms with E-state index in [2.05, 4.69) is 14.8 Å². The smallest absolute Gasteiger partial charge is 0.266 e. The van der Waals surface area contributed by atoms with E-state index in [0.29, 0.717) is 17.1 Å². The molecule has 0 bridgehead atoms. The number of alkyl halides is 3. The van der Waals surface area contributed by atoms with Gasteiger partial charge in [0.05, 0.1) is 34.1 Å². The van der Waals surface area contributed by atoms with Crippen molar-refractivity contribution in [2.45, 2.75) is 17.6 Å². The zero-order valence-electron chi connectivity index (χ0n) is 14.1. The highest BCUT2D eigenvalue weighted by Gasteiger charge is 2.30. The van der Waals surface area contributed by atoms with Crippen molar-refractivity contribution in [3.8, 4) is 11.4 Å². The van der Waals surface area contributed by atoms with Crippen molar-refractivity contribution >= 4 is 10.0 Å². The number of nitrogens with one attached hydrogen (secondary N) is 1. The van der Waals surface area contributed by atoms with Crippen LogP contribution >= 0.6 is 0 Å². The Morgan fingerprint density at radius 2 is 1.81 bits per heavy atom. The van der Waals surface area contributed by atoms with Gasteiger partial charge < -0.3 is 0 Å². The van der Waals surface area contributed by atoms with Crippen LogP contribution in [0.5, 0.6) is 0 Å². The molecule has 0 amide bonds. The summed E-state index contributed by atoms with van der Waals surface area (Å²) >= 11 is 0. The molecule has 3 rings (SSSR count). The minimum Gasteiger partial charge on any atom is -0.266 e. The predicted octanol–water partition coefficient (Wildman–Crippen LogP) is 2.98. The molecule has 2 aromatic heterocycles. The van der Waals surface area contributed by atoms with Crippen molar-refractivity contribution in [3.63, 3.8) is 0 Å². The Bertz CT molecular complexity index is 1030. The molecule has 2 heterocycles. The van der Waals surface area contributed by atoms with Gasteiger partial charge in [-0.05, 0) is 42.5 Å². The maximum absolute atomic E-state index is 12.6. The van der Waals surface area contributed by atoms with Crippen molar-refractivity contribution in [1.29, 1.82) is 0 Å². The molecular formula is C17H15F3N4O2S. The Labute approximate surface area is 153 Å². The highest BCUT2D eigenvalue weighted by molar-refractivity contribution is 7.89. The summed E-state index contributed by atoms with van der Waals surface area (Å²) in [4.78, 5) is 3.96. The van der Waals surface area contributed by atoms with Crippen LogP contribution in [0.3, 0.4) is 0 Å². The quantitative estimate of drug-likeness (QED) is 0.719. The van der Waals surface area contributed by atoms with Gasteiger partial charge in [-0.2, -0.15) is 18.3 Å². The van der Waals surface area contributed by atoms with Gasteiger partial charge in [-0.3, -0.25) is 9.67 Å².